The van der Waals surface area contributed by atoms with Gasteiger partial charge in [-0.25, -0.2) is 4.79 Å². The highest BCUT2D eigenvalue weighted by molar-refractivity contribution is 6.00. The molecular weight excluding hydrogens is 274 g/mol. The summed E-state index contributed by atoms with van der Waals surface area (Å²) in [5.41, 5.74) is 1.43. The molecule has 0 aliphatic rings. The minimum absolute atomic E-state index is 0.0887. The Kier molecular flexibility index (Phi) is 4.03. The number of phenols is 1. The number of carbonyl (C=O) groups excluding carboxylic acids is 1. The van der Waals surface area contributed by atoms with Gasteiger partial charge in [0.2, 0.25) is 0 Å². The average molecular weight is 287 g/mol. The molecule has 0 bridgehead atoms. The van der Waals surface area contributed by atoms with Crippen molar-refractivity contribution in [3.63, 3.8) is 0 Å². The molecule has 21 heavy (non-hydrogen) atoms. The number of anilines is 2. The zero-order valence-corrected chi connectivity index (χ0v) is 11.2. The largest absolute Gasteiger partial charge is 0.506 e. The van der Waals surface area contributed by atoms with Gasteiger partial charge in [-0.1, -0.05) is 12.1 Å². The molecule has 0 aromatic heterocycles. The average Bonchev–Trinajstić information content (AvgIpc) is 2.40. The van der Waals surface area contributed by atoms with Crippen molar-refractivity contribution < 1.29 is 14.8 Å². The first kappa shape index (κ1) is 14.3. The zero-order valence-electron chi connectivity index (χ0n) is 11.2. The van der Waals surface area contributed by atoms with Gasteiger partial charge >= 0.3 is 6.03 Å². The van der Waals surface area contributed by atoms with Gasteiger partial charge in [-0.3, -0.25) is 10.1 Å². The molecule has 0 aliphatic heterocycles. The second kappa shape index (κ2) is 5.91. The maximum atomic E-state index is 11.8. The van der Waals surface area contributed by atoms with Crippen LogP contribution < -0.4 is 10.6 Å². The summed E-state index contributed by atoms with van der Waals surface area (Å²) < 4.78 is 0. The fourth-order valence-electron chi connectivity index (χ4n) is 1.75. The van der Waals surface area contributed by atoms with Gasteiger partial charge in [0, 0.05) is 11.8 Å². The lowest BCUT2D eigenvalue weighted by molar-refractivity contribution is -0.384. The van der Waals surface area contributed by atoms with Crippen LogP contribution in [0.2, 0.25) is 0 Å². The number of nitrogens with one attached hydrogen (secondary N) is 2. The van der Waals surface area contributed by atoms with Crippen molar-refractivity contribution in [1.29, 1.82) is 0 Å². The van der Waals surface area contributed by atoms with Crippen LogP contribution in [0.4, 0.5) is 21.9 Å². The molecule has 0 spiro atoms. The van der Waals surface area contributed by atoms with Crippen molar-refractivity contribution >= 4 is 23.1 Å². The highest BCUT2D eigenvalue weighted by Crippen LogP contribution is 2.27. The van der Waals surface area contributed by atoms with Gasteiger partial charge in [-0.15, -0.1) is 0 Å². The Morgan fingerprint density at radius 2 is 1.95 bits per heavy atom. The van der Waals surface area contributed by atoms with Crippen LogP contribution >= 0.6 is 0 Å². The van der Waals surface area contributed by atoms with E-state index < -0.39 is 11.0 Å². The van der Waals surface area contributed by atoms with E-state index in [0.29, 0.717) is 5.69 Å². The first-order valence-electron chi connectivity index (χ1n) is 6.08. The Bertz CT molecular complexity index is 700. The summed E-state index contributed by atoms with van der Waals surface area (Å²) in [5.74, 6) is -0.372. The van der Waals surface area contributed by atoms with E-state index in [1.54, 1.807) is 18.2 Å². The number of nitro groups is 1. The molecule has 108 valence electrons. The van der Waals surface area contributed by atoms with Crippen LogP contribution in [0.25, 0.3) is 0 Å². The molecule has 7 nitrogen and oxygen atoms in total. The molecule has 0 saturated carbocycles. The van der Waals surface area contributed by atoms with Gasteiger partial charge in [-0.2, -0.15) is 0 Å². The van der Waals surface area contributed by atoms with Crippen molar-refractivity contribution in [2.45, 2.75) is 6.92 Å². The normalized spacial score (nSPS) is 9.95. The van der Waals surface area contributed by atoms with E-state index in [9.17, 15) is 20.0 Å². The van der Waals surface area contributed by atoms with Crippen LogP contribution in [0.3, 0.4) is 0 Å². The fraction of sp³-hybridized carbons (Fsp3) is 0.0714. The number of rotatable bonds is 3. The van der Waals surface area contributed by atoms with E-state index in [-0.39, 0.29) is 17.1 Å². The lowest BCUT2D eigenvalue weighted by Crippen LogP contribution is -2.19. The molecule has 0 unspecified atom stereocenters. The third kappa shape index (κ3) is 3.69. The maximum Gasteiger partial charge on any atom is 0.323 e. The van der Waals surface area contributed by atoms with E-state index in [0.717, 1.165) is 11.6 Å². The summed E-state index contributed by atoms with van der Waals surface area (Å²) in [6.07, 6.45) is 0. The number of carbonyl (C=O) groups is 1. The second-order valence-corrected chi connectivity index (χ2v) is 4.41. The number of nitrogens with zero attached hydrogens (tertiary/aromatic N) is 1. The number of aryl methyl sites for hydroxylation is 1. The van der Waals surface area contributed by atoms with E-state index >= 15 is 0 Å². The first-order chi connectivity index (χ1) is 9.95. The highest BCUT2D eigenvalue weighted by Gasteiger charge is 2.12. The van der Waals surface area contributed by atoms with Crippen molar-refractivity contribution in [1.82, 2.24) is 0 Å². The summed E-state index contributed by atoms with van der Waals surface area (Å²) in [7, 11) is 0. The number of hydrogen-bond donors (Lipinski definition) is 3. The Morgan fingerprint density at radius 1 is 1.19 bits per heavy atom. The van der Waals surface area contributed by atoms with E-state index in [1.807, 2.05) is 13.0 Å². The summed E-state index contributed by atoms with van der Waals surface area (Å²) in [6.45, 7) is 1.89. The topological polar surface area (TPSA) is 104 Å². The molecule has 0 radical (unpaired) electrons. The Hall–Kier alpha value is -3.09. The minimum atomic E-state index is -0.629. The lowest BCUT2D eigenvalue weighted by Gasteiger charge is -2.09. The monoisotopic (exact) mass is 287 g/mol. The standard InChI is InChI=1S/C14H13N3O4/c1-9-3-2-4-10(7-9)15-14(19)16-12-6-5-11(17(20)21)8-13(12)18/h2-8,18H,1H3,(H2,15,16,19). The van der Waals surface area contributed by atoms with E-state index in [1.165, 1.54) is 12.1 Å². The lowest BCUT2D eigenvalue weighted by atomic mass is 10.2. The third-order valence-corrected chi connectivity index (χ3v) is 2.72. The van der Waals surface area contributed by atoms with Crippen molar-refractivity contribution in [3.8, 4) is 5.75 Å². The molecule has 0 fully saturated rings. The highest BCUT2D eigenvalue weighted by atomic mass is 16.6. The van der Waals surface area contributed by atoms with Crippen molar-refractivity contribution in [3.05, 3.63) is 58.1 Å². The number of nitro benzene ring substituents is 1. The summed E-state index contributed by atoms with van der Waals surface area (Å²) in [4.78, 5) is 21.7. The number of amides is 2. The SMILES string of the molecule is Cc1cccc(NC(=O)Nc2ccc([N+](=O)[O-])cc2O)c1. The molecule has 0 saturated heterocycles. The van der Waals surface area contributed by atoms with Crippen LogP contribution in [0.1, 0.15) is 5.56 Å². The molecule has 2 rings (SSSR count). The van der Waals surface area contributed by atoms with Gasteiger partial charge in [0.1, 0.15) is 5.75 Å². The number of aromatic hydroxyl groups is 1. The van der Waals surface area contributed by atoms with Crippen molar-refractivity contribution in [2.75, 3.05) is 10.6 Å². The number of benzene rings is 2. The van der Waals surface area contributed by atoms with E-state index in [2.05, 4.69) is 10.6 Å². The minimum Gasteiger partial charge on any atom is -0.506 e. The van der Waals surface area contributed by atoms with Crippen LogP contribution in [0.5, 0.6) is 5.75 Å². The number of non-ortho nitro benzene ring substituents is 1. The molecule has 0 heterocycles. The zero-order chi connectivity index (χ0) is 15.4. The predicted molar refractivity (Wildman–Crippen MR) is 78.6 cm³/mol. The molecule has 7 heteroatoms. The van der Waals surface area contributed by atoms with Crippen molar-refractivity contribution in [2.24, 2.45) is 0 Å². The van der Waals surface area contributed by atoms with Gasteiger partial charge in [0.15, 0.2) is 0 Å². The number of phenolic OH excluding ortho intramolecular Hbond substituents is 1. The second-order valence-electron chi connectivity index (χ2n) is 4.41. The summed E-state index contributed by atoms with van der Waals surface area (Å²) >= 11 is 0. The molecule has 2 aromatic carbocycles. The van der Waals surface area contributed by atoms with E-state index in [4.69, 9.17) is 0 Å². The number of urea groups is 1. The Morgan fingerprint density at radius 3 is 2.57 bits per heavy atom. The quantitative estimate of drug-likeness (QED) is 0.457. The van der Waals surface area contributed by atoms with Crippen LogP contribution in [-0.4, -0.2) is 16.1 Å². The third-order valence-electron chi connectivity index (χ3n) is 2.72. The van der Waals surface area contributed by atoms with Crippen LogP contribution in [0.15, 0.2) is 42.5 Å². The number of hydrogen-bond acceptors (Lipinski definition) is 4. The Balaban J connectivity index is 2.08. The van der Waals surface area contributed by atoms with Gasteiger partial charge in [-0.05, 0) is 30.7 Å². The van der Waals surface area contributed by atoms with Gasteiger partial charge < -0.3 is 15.7 Å². The van der Waals surface area contributed by atoms with Gasteiger partial charge in [0.05, 0.1) is 16.7 Å². The summed E-state index contributed by atoms with van der Waals surface area (Å²) in [6, 6.07) is 10.1. The smallest absolute Gasteiger partial charge is 0.323 e. The molecule has 0 atom stereocenters. The predicted octanol–water partition coefficient (Wildman–Crippen LogP) is 3.25. The molecule has 0 aliphatic carbocycles. The fourth-order valence-corrected chi connectivity index (χ4v) is 1.75. The molecular formula is C14H13N3O4. The van der Waals surface area contributed by atoms with Crippen LogP contribution in [0, 0.1) is 17.0 Å². The van der Waals surface area contributed by atoms with Gasteiger partial charge in [0.25, 0.3) is 5.69 Å². The summed E-state index contributed by atoms with van der Waals surface area (Å²) in [5, 5.41) is 25.2. The van der Waals surface area contributed by atoms with Crippen LogP contribution in [-0.2, 0) is 0 Å². The molecule has 2 aromatic rings. The molecule has 2 amide bonds. The Labute approximate surface area is 120 Å². The maximum absolute atomic E-state index is 11.8. The molecule has 3 N–H and O–H groups in total. The first-order valence-corrected chi connectivity index (χ1v) is 6.08.